The van der Waals surface area contributed by atoms with Crippen LogP contribution in [0.3, 0.4) is 0 Å². The zero-order chi connectivity index (χ0) is 18.7. The number of hydrogen-bond acceptors (Lipinski definition) is 4. The molecule has 26 heavy (non-hydrogen) atoms. The van der Waals surface area contributed by atoms with Gasteiger partial charge in [-0.1, -0.05) is 13.0 Å². The number of aromatic amines is 1. The third kappa shape index (κ3) is 3.99. The summed E-state index contributed by atoms with van der Waals surface area (Å²) in [6.45, 7) is 7.06. The Bertz CT molecular complexity index is 893. The Morgan fingerprint density at radius 3 is 2.69 bits per heavy atom. The van der Waals surface area contributed by atoms with Gasteiger partial charge in [0.05, 0.1) is 30.2 Å². The molecule has 0 aliphatic carbocycles. The first kappa shape index (κ1) is 17.8. The highest BCUT2D eigenvalue weighted by molar-refractivity contribution is 5.92. The number of amides is 1. The van der Waals surface area contributed by atoms with E-state index in [1.165, 1.54) is 5.56 Å². The van der Waals surface area contributed by atoms with E-state index in [0.717, 1.165) is 29.2 Å². The summed E-state index contributed by atoms with van der Waals surface area (Å²) >= 11 is 0. The smallest absolute Gasteiger partial charge is 0.274 e. The Kier molecular flexibility index (Phi) is 5.16. The van der Waals surface area contributed by atoms with E-state index in [4.69, 9.17) is 0 Å². The molecule has 7 nitrogen and oxygen atoms in total. The van der Waals surface area contributed by atoms with E-state index in [9.17, 15) is 4.79 Å². The van der Waals surface area contributed by atoms with E-state index in [1.807, 2.05) is 42.9 Å². The lowest BCUT2D eigenvalue weighted by molar-refractivity contribution is 0.0777. The molecule has 0 aliphatic heterocycles. The summed E-state index contributed by atoms with van der Waals surface area (Å²) in [6, 6.07) is 7.80. The van der Waals surface area contributed by atoms with Crippen LogP contribution in [0.15, 0.2) is 30.5 Å². The van der Waals surface area contributed by atoms with Crippen molar-refractivity contribution in [2.45, 2.75) is 40.3 Å². The van der Waals surface area contributed by atoms with Gasteiger partial charge >= 0.3 is 0 Å². The molecule has 136 valence electrons. The summed E-state index contributed by atoms with van der Waals surface area (Å²) in [5, 5.41) is 11.5. The number of aromatic nitrogens is 5. The molecule has 0 saturated carbocycles. The van der Waals surface area contributed by atoms with Crippen molar-refractivity contribution < 1.29 is 4.79 Å². The average Bonchev–Trinajstić information content (AvgIpc) is 3.21. The van der Waals surface area contributed by atoms with Gasteiger partial charge in [0.1, 0.15) is 5.69 Å². The minimum absolute atomic E-state index is 0.137. The lowest BCUT2D eigenvalue weighted by Gasteiger charge is -2.15. The first-order valence-corrected chi connectivity index (χ1v) is 8.71. The Morgan fingerprint density at radius 1 is 1.27 bits per heavy atom. The van der Waals surface area contributed by atoms with Crippen LogP contribution >= 0.6 is 0 Å². The molecule has 0 atom stereocenters. The molecule has 0 aliphatic rings. The highest BCUT2D eigenvalue weighted by Gasteiger charge is 2.16. The Balaban J connectivity index is 1.65. The first-order chi connectivity index (χ1) is 12.5. The number of hydrogen-bond donors (Lipinski definition) is 1. The van der Waals surface area contributed by atoms with Crippen molar-refractivity contribution in [3.8, 4) is 0 Å². The van der Waals surface area contributed by atoms with Crippen LogP contribution in [0.1, 0.15) is 45.8 Å². The number of nitrogens with zero attached hydrogens (tertiary/aromatic N) is 5. The highest BCUT2D eigenvalue weighted by Crippen LogP contribution is 2.10. The summed E-state index contributed by atoms with van der Waals surface area (Å²) < 4.78 is 1.89. The van der Waals surface area contributed by atoms with Crippen LogP contribution in [0, 0.1) is 13.8 Å². The van der Waals surface area contributed by atoms with Crippen LogP contribution in [0.25, 0.3) is 0 Å². The van der Waals surface area contributed by atoms with Crippen molar-refractivity contribution in [3.63, 3.8) is 0 Å². The third-order valence-electron chi connectivity index (χ3n) is 4.31. The van der Waals surface area contributed by atoms with Crippen molar-refractivity contribution >= 4 is 5.91 Å². The fourth-order valence-electron chi connectivity index (χ4n) is 2.82. The summed E-state index contributed by atoms with van der Waals surface area (Å²) in [6.07, 6.45) is 2.81. The third-order valence-corrected chi connectivity index (χ3v) is 4.31. The SMILES string of the molecule is CCc1ccc(CN(C)C(=O)c2cc(Cn3nc(C)cc3C)[nH]n2)nc1. The molecule has 3 aromatic heterocycles. The standard InChI is InChI=1S/C19H24N6O/c1-5-15-6-7-16(20-10-15)11-24(4)19(26)18-9-17(21-22-18)12-25-14(3)8-13(2)23-25/h6-10H,5,11-12H2,1-4H3,(H,21,22). The molecular formula is C19H24N6O. The molecule has 0 unspecified atom stereocenters. The van der Waals surface area contributed by atoms with E-state index < -0.39 is 0 Å². The molecule has 0 aromatic carbocycles. The maximum Gasteiger partial charge on any atom is 0.274 e. The molecule has 0 bridgehead atoms. The second-order valence-electron chi connectivity index (χ2n) is 6.54. The molecule has 1 amide bonds. The molecule has 0 saturated heterocycles. The summed E-state index contributed by atoms with van der Waals surface area (Å²) in [5.41, 5.74) is 5.33. The van der Waals surface area contributed by atoms with Crippen molar-refractivity contribution in [2.75, 3.05) is 7.05 Å². The van der Waals surface area contributed by atoms with Gasteiger partial charge in [-0.2, -0.15) is 10.2 Å². The van der Waals surface area contributed by atoms with Gasteiger partial charge in [0, 0.05) is 18.9 Å². The van der Waals surface area contributed by atoms with Crippen LogP contribution in [-0.2, 0) is 19.5 Å². The van der Waals surface area contributed by atoms with E-state index in [-0.39, 0.29) is 5.91 Å². The predicted molar refractivity (Wildman–Crippen MR) is 98.8 cm³/mol. The van der Waals surface area contributed by atoms with Gasteiger partial charge in [-0.3, -0.25) is 19.6 Å². The van der Waals surface area contributed by atoms with E-state index >= 15 is 0 Å². The summed E-state index contributed by atoms with van der Waals surface area (Å²) in [4.78, 5) is 18.6. The quantitative estimate of drug-likeness (QED) is 0.739. The number of nitrogens with one attached hydrogen (secondary N) is 1. The second kappa shape index (κ2) is 7.51. The van der Waals surface area contributed by atoms with Gasteiger partial charge in [-0.25, -0.2) is 0 Å². The Hall–Kier alpha value is -2.96. The van der Waals surface area contributed by atoms with Gasteiger partial charge in [0.25, 0.3) is 5.91 Å². The van der Waals surface area contributed by atoms with Gasteiger partial charge < -0.3 is 4.90 Å². The van der Waals surface area contributed by atoms with Gasteiger partial charge in [0.2, 0.25) is 0 Å². The number of rotatable bonds is 6. The molecule has 3 heterocycles. The molecule has 3 rings (SSSR count). The molecular weight excluding hydrogens is 328 g/mol. The lowest BCUT2D eigenvalue weighted by Crippen LogP contribution is -2.27. The zero-order valence-corrected chi connectivity index (χ0v) is 15.7. The largest absolute Gasteiger partial charge is 0.334 e. The topological polar surface area (TPSA) is 79.7 Å². The number of carbonyl (C=O) groups is 1. The molecule has 3 aromatic rings. The van der Waals surface area contributed by atoms with Crippen molar-refractivity contribution in [1.82, 2.24) is 29.9 Å². The van der Waals surface area contributed by atoms with Gasteiger partial charge in [0.15, 0.2) is 0 Å². The lowest BCUT2D eigenvalue weighted by atomic mass is 10.2. The monoisotopic (exact) mass is 352 g/mol. The average molecular weight is 352 g/mol. The highest BCUT2D eigenvalue weighted by atomic mass is 16.2. The van der Waals surface area contributed by atoms with Gasteiger partial charge in [-0.15, -0.1) is 0 Å². The fraction of sp³-hybridized carbons (Fsp3) is 0.368. The normalized spacial score (nSPS) is 10.9. The van der Waals surface area contributed by atoms with Crippen molar-refractivity contribution in [3.05, 3.63) is 64.5 Å². The maximum atomic E-state index is 12.6. The molecule has 0 spiro atoms. The van der Waals surface area contributed by atoms with Crippen LogP contribution in [0.4, 0.5) is 0 Å². The van der Waals surface area contributed by atoms with E-state index in [0.29, 0.717) is 18.8 Å². The molecule has 0 fully saturated rings. The second-order valence-corrected chi connectivity index (χ2v) is 6.54. The maximum absolute atomic E-state index is 12.6. The zero-order valence-electron chi connectivity index (χ0n) is 15.7. The van der Waals surface area contributed by atoms with Crippen LogP contribution in [-0.4, -0.2) is 42.8 Å². The van der Waals surface area contributed by atoms with Crippen LogP contribution in [0.5, 0.6) is 0 Å². The predicted octanol–water partition coefficient (Wildman–Crippen LogP) is 2.50. The van der Waals surface area contributed by atoms with Crippen LogP contribution in [0.2, 0.25) is 0 Å². The Morgan fingerprint density at radius 2 is 2.08 bits per heavy atom. The fourth-order valence-corrected chi connectivity index (χ4v) is 2.82. The minimum Gasteiger partial charge on any atom is -0.334 e. The minimum atomic E-state index is -0.137. The number of carbonyl (C=O) groups excluding carboxylic acids is 1. The first-order valence-electron chi connectivity index (χ1n) is 8.71. The Labute approximate surface area is 153 Å². The summed E-state index contributed by atoms with van der Waals surface area (Å²) in [7, 11) is 1.76. The molecule has 0 radical (unpaired) electrons. The number of pyridine rings is 1. The van der Waals surface area contributed by atoms with E-state index in [1.54, 1.807) is 18.0 Å². The molecule has 1 N–H and O–H groups in total. The van der Waals surface area contributed by atoms with Gasteiger partial charge in [-0.05, 0) is 44.0 Å². The van der Waals surface area contributed by atoms with Crippen molar-refractivity contribution in [1.29, 1.82) is 0 Å². The van der Waals surface area contributed by atoms with Crippen LogP contribution < -0.4 is 0 Å². The van der Waals surface area contributed by atoms with Crippen molar-refractivity contribution in [2.24, 2.45) is 0 Å². The molecule has 7 heteroatoms. The number of aryl methyl sites for hydroxylation is 3. The summed E-state index contributed by atoms with van der Waals surface area (Å²) in [5.74, 6) is -0.137. The number of H-pyrrole nitrogens is 1. The van der Waals surface area contributed by atoms with E-state index in [2.05, 4.69) is 27.2 Å².